The third-order valence-corrected chi connectivity index (χ3v) is 2.58. The van der Waals surface area contributed by atoms with Crippen LogP contribution in [0.5, 0.6) is 0 Å². The van der Waals surface area contributed by atoms with Gasteiger partial charge < -0.3 is 4.98 Å². The highest BCUT2D eigenvalue weighted by Gasteiger charge is 1.96. The zero-order valence-corrected chi connectivity index (χ0v) is 8.14. The molecule has 2 aromatic rings. The first kappa shape index (κ1) is 8.24. The normalized spacial score (nSPS) is 22.7. The van der Waals surface area contributed by atoms with E-state index in [1.54, 1.807) is 6.20 Å². The molecule has 1 aromatic carbocycles. The molecule has 3 rings (SSSR count). The van der Waals surface area contributed by atoms with Crippen molar-refractivity contribution in [2.45, 2.75) is 0 Å². The molecule has 0 fully saturated rings. The van der Waals surface area contributed by atoms with Gasteiger partial charge in [0.05, 0.1) is 0 Å². The Balaban J connectivity index is 2.57. The first-order valence-corrected chi connectivity index (χ1v) is 4.92. The molecule has 1 N–H and O–H groups in total. The molecule has 0 saturated carbocycles. The molecule has 0 atom stereocenters. The molecule has 0 bridgehead atoms. The Kier molecular flexibility index (Phi) is 1.78. The number of nitrogens with one attached hydrogen (secondary N) is 1. The molecule has 0 aliphatic carbocycles. The molecule has 0 radical (unpaired) electrons. The molecular weight excluding hydrogens is 184 g/mol. The van der Waals surface area contributed by atoms with Crippen molar-refractivity contribution in [3.63, 3.8) is 0 Å². The maximum atomic E-state index is 4.10. The highest BCUT2D eigenvalue weighted by atomic mass is 14.7. The lowest BCUT2D eigenvalue weighted by atomic mass is 10.1. The second-order valence-electron chi connectivity index (χ2n) is 3.48. The summed E-state index contributed by atoms with van der Waals surface area (Å²) in [6.07, 6.45) is 11.7. The number of aliphatic imine (C=N–C) groups is 1. The Bertz CT molecular complexity index is 672. The maximum absolute atomic E-state index is 4.10. The molecule has 0 saturated heterocycles. The van der Waals surface area contributed by atoms with Crippen molar-refractivity contribution in [1.82, 2.24) is 4.98 Å². The molecule has 2 heteroatoms. The van der Waals surface area contributed by atoms with Crippen molar-refractivity contribution in [3.8, 4) is 0 Å². The number of allylic oxidation sites excluding steroid dienone is 1. The fourth-order valence-electron chi connectivity index (χ4n) is 1.87. The van der Waals surface area contributed by atoms with Crippen LogP contribution >= 0.6 is 0 Å². The Labute approximate surface area is 87.0 Å². The van der Waals surface area contributed by atoms with Gasteiger partial charge in [-0.05, 0) is 34.7 Å². The Morgan fingerprint density at radius 2 is 2.07 bits per heavy atom. The molecule has 15 heavy (non-hydrogen) atoms. The van der Waals surface area contributed by atoms with Crippen molar-refractivity contribution in [3.05, 3.63) is 47.1 Å². The molecule has 72 valence electrons. The topological polar surface area (TPSA) is 28.1 Å². The van der Waals surface area contributed by atoms with E-state index >= 15 is 0 Å². The van der Waals surface area contributed by atoms with Gasteiger partial charge >= 0.3 is 0 Å². The number of fused-ring (bicyclic) bond motifs is 3. The Hall–Kier alpha value is -2.09. The zero-order valence-electron chi connectivity index (χ0n) is 8.14. The summed E-state index contributed by atoms with van der Waals surface area (Å²) >= 11 is 0. The second-order valence-corrected chi connectivity index (χ2v) is 3.48. The number of aromatic amines is 1. The minimum Gasteiger partial charge on any atom is -0.361 e. The van der Waals surface area contributed by atoms with Gasteiger partial charge in [-0.2, -0.15) is 0 Å². The van der Waals surface area contributed by atoms with Crippen LogP contribution in [0.25, 0.3) is 23.1 Å². The maximum Gasteiger partial charge on any atom is 0.0460 e. The van der Waals surface area contributed by atoms with Gasteiger partial charge in [0, 0.05) is 29.5 Å². The molecule has 1 aliphatic rings. The molecule has 1 aromatic heterocycles. The number of hydrogen-bond acceptors (Lipinski definition) is 1. The quantitative estimate of drug-likeness (QED) is 0.655. The van der Waals surface area contributed by atoms with Crippen LogP contribution in [0.15, 0.2) is 41.7 Å². The van der Waals surface area contributed by atoms with Crippen molar-refractivity contribution in [1.29, 1.82) is 0 Å². The largest absolute Gasteiger partial charge is 0.361 e. The molecule has 2 heterocycles. The lowest BCUT2D eigenvalue weighted by molar-refractivity contribution is 1.47. The summed E-state index contributed by atoms with van der Waals surface area (Å²) in [5, 5.41) is 3.70. The third kappa shape index (κ3) is 1.31. The standard InChI is InChI=1S/C13H10N2/c1-2-11-10(5-8-14-7-1)3-4-13-12(11)6-9-15-13/h1-9,15H/b2-1?,7-1-,8-5?,10-5-,11-2+,14-7?,14-8-. The zero-order chi connectivity index (χ0) is 10.1. The average molecular weight is 194 g/mol. The number of rotatable bonds is 0. The molecular formula is C13H10N2. The summed E-state index contributed by atoms with van der Waals surface area (Å²) in [7, 11) is 0. The van der Waals surface area contributed by atoms with Gasteiger partial charge in [0.1, 0.15) is 0 Å². The monoisotopic (exact) mass is 194 g/mol. The van der Waals surface area contributed by atoms with Crippen molar-refractivity contribution in [2.75, 3.05) is 0 Å². The van der Waals surface area contributed by atoms with E-state index < -0.39 is 0 Å². The van der Waals surface area contributed by atoms with Crippen LogP contribution in [0.1, 0.15) is 0 Å². The van der Waals surface area contributed by atoms with Crippen molar-refractivity contribution in [2.24, 2.45) is 4.99 Å². The molecule has 0 amide bonds. The van der Waals surface area contributed by atoms with Crippen LogP contribution < -0.4 is 10.4 Å². The predicted octanol–water partition coefficient (Wildman–Crippen LogP) is 1.33. The van der Waals surface area contributed by atoms with E-state index in [0.717, 1.165) is 0 Å². The number of H-pyrrole nitrogens is 1. The van der Waals surface area contributed by atoms with E-state index in [1.165, 1.54) is 21.3 Å². The summed E-state index contributed by atoms with van der Waals surface area (Å²) in [6, 6.07) is 6.30. The summed E-state index contributed by atoms with van der Waals surface area (Å²) < 4.78 is 0. The number of benzene rings is 1. The number of hydrogen-bond donors (Lipinski definition) is 1. The first-order valence-electron chi connectivity index (χ1n) is 4.92. The van der Waals surface area contributed by atoms with Gasteiger partial charge in [-0.15, -0.1) is 0 Å². The second kappa shape index (κ2) is 3.24. The summed E-state index contributed by atoms with van der Waals surface area (Å²) in [4.78, 5) is 7.31. The van der Waals surface area contributed by atoms with Crippen LogP contribution in [0.2, 0.25) is 0 Å². The van der Waals surface area contributed by atoms with Gasteiger partial charge in [-0.25, -0.2) is 0 Å². The van der Waals surface area contributed by atoms with Crippen LogP contribution in [-0.4, -0.2) is 11.2 Å². The lowest BCUT2D eigenvalue weighted by Gasteiger charge is -1.94. The number of aromatic nitrogens is 1. The minimum absolute atomic E-state index is 1.17. The highest BCUT2D eigenvalue weighted by molar-refractivity contribution is 5.93. The molecule has 0 unspecified atom stereocenters. The van der Waals surface area contributed by atoms with Gasteiger partial charge in [0.25, 0.3) is 0 Å². The predicted molar refractivity (Wildman–Crippen MR) is 64.1 cm³/mol. The average Bonchev–Trinajstić information content (AvgIpc) is 2.65. The van der Waals surface area contributed by atoms with E-state index in [9.17, 15) is 0 Å². The Morgan fingerprint density at radius 3 is 3.07 bits per heavy atom. The SMILES string of the molecule is C1=C\N=C/C=c2/ccc3[nH]ccc3/c2=C/1. The molecule has 1 aliphatic heterocycles. The van der Waals surface area contributed by atoms with Crippen molar-refractivity contribution >= 4 is 29.3 Å². The first-order chi connectivity index (χ1) is 7.45. The van der Waals surface area contributed by atoms with Crippen LogP contribution in [0.4, 0.5) is 0 Å². The van der Waals surface area contributed by atoms with Gasteiger partial charge in [-0.3, -0.25) is 4.99 Å². The summed E-state index contributed by atoms with van der Waals surface area (Å²) in [6.45, 7) is 0. The van der Waals surface area contributed by atoms with E-state index in [4.69, 9.17) is 0 Å². The van der Waals surface area contributed by atoms with E-state index in [2.05, 4.69) is 34.3 Å². The minimum atomic E-state index is 1.17. The van der Waals surface area contributed by atoms with E-state index in [-0.39, 0.29) is 0 Å². The van der Waals surface area contributed by atoms with Crippen molar-refractivity contribution < 1.29 is 0 Å². The Morgan fingerprint density at radius 1 is 1.07 bits per heavy atom. The summed E-state index contributed by atoms with van der Waals surface area (Å²) in [5.41, 5.74) is 1.17. The van der Waals surface area contributed by atoms with Gasteiger partial charge in [0.15, 0.2) is 0 Å². The van der Waals surface area contributed by atoms with Crippen LogP contribution in [0.3, 0.4) is 0 Å². The van der Waals surface area contributed by atoms with Gasteiger partial charge in [-0.1, -0.05) is 12.1 Å². The fourth-order valence-corrected chi connectivity index (χ4v) is 1.87. The molecule has 2 nitrogen and oxygen atoms in total. The smallest absolute Gasteiger partial charge is 0.0460 e. The third-order valence-electron chi connectivity index (χ3n) is 2.58. The van der Waals surface area contributed by atoms with E-state index in [1.807, 2.05) is 24.6 Å². The summed E-state index contributed by atoms with van der Waals surface area (Å²) in [5.74, 6) is 0. The van der Waals surface area contributed by atoms with Gasteiger partial charge in [0.2, 0.25) is 0 Å². The highest BCUT2D eigenvalue weighted by Crippen LogP contribution is 2.03. The lowest BCUT2D eigenvalue weighted by Crippen LogP contribution is -2.24. The fraction of sp³-hybridized carbons (Fsp3) is 0. The van der Waals surface area contributed by atoms with Crippen LogP contribution in [-0.2, 0) is 0 Å². The van der Waals surface area contributed by atoms with Crippen LogP contribution in [0, 0.1) is 0 Å². The van der Waals surface area contributed by atoms with E-state index in [0.29, 0.717) is 0 Å². The molecule has 0 spiro atoms. The number of nitrogens with zero attached hydrogens (tertiary/aromatic N) is 1.